The molecule has 3 rings (SSSR count). The molecule has 2 aromatic rings. The minimum Gasteiger partial charge on any atom is -0.375 e. The maximum atomic E-state index is 13.6. The number of nitrogens with two attached hydrogens (primary N) is 1. The molecule has 0 saturated carbocycles. The number of hydrogen-bond acceptors (Lipinski definition) is 4. The highest BCUT2D eigenvalue weighted by molar-refractivity contribution is 7.15. The van der Waals surface area contributed by atoms with Crippen LogP contribution in [0.1, 0.15) is 10.4 Å². The number of rotatable bonds is 2. The van der Waals surface area contributed by atoms with E-state index in [0.29, 0.717) is 5.13 Å². The van der Waals surface area contributed by atoms with Crippen molar-refractivity contribution in [3.8, 4) is 0 Å². The molecule has 96 valence electrons. The SMILES string of the molecule is Cl.Nc1ncc(CN2CCc3c(F)cccc32)s1. The lowest BCUT2D eigenvalue weighted by molar-refractivity contribution is 0.615. The van der Waals surface area contributed by atoms with Gasteiger partial charge in [-0.15, -0.1) is 23.7 Å². The summed E-state index contributed by atoms with van der Waals surface area (Å²) in [5, 5.41) is 0.582. The summed E-state index contributed by atoms with van der Waals surface area (Å²) in [6.07, 6.45) is 2.56. The molecule has 18 heavy (non-hydrogen) atoms. The highest BCUT2D eigenvalue weighted by atomic mass is 35.5. The van der Waals surface area contributed by atoms with E-state index in [0.717, 1.165) is 35.6 Å². The number of thiazole rings is 1. The van der Waals surface area contributed by atoms with Gasteiger partial charge in [0.1, 0.15) is 5.82 Å². The van der Waals surface area contributed by atoms with E-state index < -0.39 is 0 Å². The van der Waals surface area contributed by atoms with Crippen molar-refractivity contribution in [2.75, 3.05) is 17.2 Å². The molecule has 6 heteroatoms. The van der Waals surface area contributed by atoms with E-state index in [2.05, 4.69) is 9.88 Å². The van der Waals surface area contributed by atoms with Crippen LogP contribution in [-0.4, -0.2) is 11.5 Å². The van der Waals surface area contributed by atoms with Crippen molar-refractivity contribution in [3.05, 3.63) is 40.7 Å². The minimum atomic E-state index is -0.103. The van der Waals surface area contributed by atoms with Crippen LogP contribution in [0, 0.1) is 5.82 Å². The predicted octanol–water partition coefficient (Wildman–Crippen LogP) is 2.85. The van der Waals surface area contributed by atoms with Crippen molar-refractivity contribution in [2.45, 2.75) is 13.0 Å². The third-order valence-electron chi connectivity index (χ3n) is 2.98. The topological polar surface area (TPSA) is 42.1 Å². The van der Waals surface area contributed by atoms with Gasteiger partial charge in [-0.25, -0.2) is 9.37 Å². The van der Waals surface area contributed by atoms with Crippen LogP contribution in [0.5, 0.6) is 0 Å². The van der Waals surface area contributed by atoms with Crippen LogP contribution in [0.2, 0.25) is 0 Å². The third-order valence-corrected chi connectivity index (χ3v) is 3.80. The summed E-state index contributed by atoms with van der Waals surface area (Å²) < 4.78 is 13.6. The molecular formula is C12H13ClFN3S. The molecule has 1 aliphatic heterocycles. The molecule has 1 aromatic carbocycles. The number of aromatic nitrogens is 1. The number of nitrogens with zero attached hydrogens (tertiary/aromatic N) is 2. The Morgan fingerprint density at radius 2 is 2.28 bits per heavy atom. The first kappa shape index (κ1) is 13.1. The quantitative estimate of drug-likeness (QED) is 0.922. The largest absolute Gasteiger partial charge is 0.375 e. The van der Waals surface area contributed by atoms with Gasteiger partial charge >= 0.3 is 0 Å². The molecule has 1 aromatic heterocycles. The first-order valence-electron chi connectivity index (χ1n) is 5.46. The van der Waals surface area contributed by atoms with Crippen LogP contribution in [0.25, 0.3) is 0 Å². The van der Waals surface area contributed by atoms with Crippen LogP contribution < -0.4 is 10.6 Å². The fourth-order valence-electron chi connectivity index (χ4n) is 2.21. The lowest BCUT2D eigenvalue weighted by Crippen LogP contribution is -2.18. The second-order valence-electron chi connectivity index (χ2n) is 4.07. The maximum absolute atomic E-state index is 13.6. The fraction of sp³-hybridized carbons (Fsp3) is 0.250. The zero-order chi connectivity index (χ0) is 11.8. The summed E-state index contributed by atoms with van der Waals surface area (Å²) in [6.45, 7) is 1.61. The highest BCUT2D eigenvalue weighted by Crippen LogP contribution is 2.31. The second kappa shape index (κ2) is 5.12. The van der Waals surface area contributed by atoms with Gasteiger partial charge in [-0.1, -0.05) is 6.07 Å². The Kier molecular flexibility index (Phi) is 3.73. The maximum Gasteiger partial charge on any atom is 0.180 e. The lowest BCUT2D eigenvalue weighted by Gasteiger charge is -2.17. The Bertz CT molecular complexity index is 558. The van der Waals surface area contributed by atoms with Crippen LogP contribution in [0.4, 0.5) is 15.2 Å². The predicted molar refractivity (Wildman–Crippen MR) is 74.9 cm³/mol. The van der Waals surface area contributed by atoms with Gasteiger partial charge in [-0.2, -0.15) is 0 Å². The zero-order valence-electron chi connectivity index (χ0n) is 9.60. The molecule has 0 fully saturated rings. The second-order valence-corrected chi connectivity index (χ2v) is 5.22. The van der Waals surface area contributed by atoms with Gasteiger partial charge in [0, 0.05) is 28.9 Å². The van der Waals surface area contributed by atoms with E-state index in [9.17, 15) is 4.39 Å². The molecule has 0 amide bonds. The number of hydrogen-bond donors (Lipinski definition) is 1. The van der Waals surface area contributed by atoms with Crippen molar-refractivity contribution in [2.24, 2.45) is 0 Å². The van der Waals surface area contributed by atoms with E-state index in [1.54, 1.807) is 12.3 Å². The summed E-state index contributed by atoms with van der Waals surface area (Å²) >= 11 is 1.48. The van der Waals surface area contributed by atoms with E-state index >= 15 is 0 Å². The normalized spacial score (nSPS) is 13.3. The van der Waals surface area contributed by atoms with E-state index in [1.807, 2.05) is 6.07 Å². The molecule has 2 N–H and O–H groups in total. The first-order chi connectivity index (χ1) is 8.24. The molecule has 0 radical (unpaired) electrons. The fourth-order valence-corrected chi connectivity index (χ4v) is 2.91. The number of anilines is 2. The Morgan fingerprint density at radius 3 is 3.00 bits per heavy atom. The van der Waals surface area contributed by atoms with Crippen LogP contribution in [0.3, 0.4) is 0 Å². The monoisotopic (exact) mass is 285 g/mol. The summed E-state index contributed by atoms with van der Waals surface area (Å²) in [4.78, 5) is 7.31. The number of halogens is 2. The van der Waals surface area contributed by atoms with Gasteiger partial charge in [0.25, 0.3) is 0 Å². The van der Waals surface area contributed by atoms with Gasteiger partial charge in [-0.3, -0.25) is 0 Å². The average Bonchev–Trinajstić information content (AvgIpc) is 2.88. The van der Waals surface area contributed by atoms with Crippen LogP contribution in [-0.2, 0) is 13.0 Å². The molecular weight excluding hydrogens is 273 g/mol. The molecule has 0 aliphatic carbocycles. The molecule has 0 bridgehead atoms. The Hall–Kier alpha value is -1.33. The Balaban J connectivity index is 0.00000120. The van der Waals surface area contributed by atoms with Crippen molar-refractivity contribution in [1.82, 2.24) is 4.98 Å². The van der Waals surface area contributed by atoms with E-state index in [1.165, 1.54) is 17.4 Å². The molecule has 1 aliphatic rings. The molecule has 0 spiro atoms. The number of nitrogen functional groups attached to an aromatic ring is 1. The van der Waals surface area contributed by atoms with E-state index in [-0.39, 0.29) is 18.2 Å². The minimum absolute atomic E-state index is 0. The van der Waals surface area contributed by atoms with E-state index in [4.69, 9.17) is 5.73 Å². The standard InChI is InChI=1S/C12H12FN3S.ClH/c13-10-2-1-3-11-9(10)4-5-16(11)7-8-6-15-12(14)17-8;/h1-3,6H,4-5,7H2,(H2,14,15);1H. The summed E-state index contributed by atoms with van der Waals surface area (Å²) in [5.74, 6) is -0.103. The van der Waals surface area contributed by atoms with Crippen LogP contribution >= 0.6 is 23.7 Å². The number of benzene rings is 1. The third kappa shape index (κ3) is 2.28. The molecule has 0 saturated heterocycles. The lowest BCUT2D eigenvalue weighted by atomic mass is 10.1. The van der Waals surface area contributed by atoms with Crippen molar-refractivity contribution in [3.63, 3.8) is 0 Å². The molecule has 2 heterocycles. The summed E-state index contributed by atoms with van der Waals surface area (Å²) in [5.41, 5.74) is 7.42. The van der Waals surface area contributed by atoms with Gasteiger partial charge in [-0.05, 0) is 18.6 Å². The summed E-state index contributed by atoms with van der Waals surface area (Å²) in [7, 11) is 0. The smallest absolute Gasteiger partial charge is 0.180 e. The van der Waals surface area contributed by atoms with Crippen molar-refractivity contribution < 1.29 is 4.39 Å². The molecule has 0 unspecified atom stereocenters. The van der Waals surface area contributed by atoms with Gasteiger partial charge in [0.15, 0.2) is 5.13 Å². The molecule has 3 nitrogen and oxygen atoms in total. The van der Waals surface area contributed by atoms with Gasteiger partial charge in [0.05, 0.1) is 6.54 Å². The van der Waals surface area contributed by atoms with Crippen molar-refractivity contribution in [1.29, 1.82) is 0 Å². The van der Waals surface area contributed by atoms with Gasteiger partial charge in [0.2, 0.25) is 0 Å². The van der Waals surface area contributed by atoms with Crippen molar-refractivity contribution >= 4 is 34.6 Å². The summed E-state index contributed by atoms with van der Waals surface area (Å²) in [6, 6.07) is 5.25. The molecule has 0 atom stereocenters. The van der Waals surface area contributed by atoms with Gasteiger partial charge < -0.3 is 10.6 Å². The van der Waals surface area contributed by atoms with Crippen LogP contribution in [0.15, 0.2) is 24.4 Å². The average molecular weight is 286 g/mol. The first-order valence-corrected chi connectivity index (χ1v) is 6.28. The Labute approximate surface area is 115 Å². The highest BCUT2D eigenvalue weighted by Gasteiger charge is 2.22. The number of fused-ring (bicyclic) bond motifs is 1. The zero-order valence-corrected chi connectivity index (χ0v) is 11.2. The Morgan fingerprint density at radius 1 is 1.44 bits per heavy atom.